The zero-order valence-electron chi connectivity index (χ0n) is 13.4. The quantitative estimate of drug-likeness (QED) is 0.327. The molecule has 0 heterocycles. The fourth-order valence-corrected chi connectivity index (χ4v) is 1.84. The first-order valence-corrected chi connectivity index (χ1v) is 6.93. The SMILES string of the molecule is [C-]#N.[CH2-]CCCCCCCCCCCCC.[CH3-].[Cu+].[Li+]. The maximum Gasteiger partial charge on any atom is 1.00 e. The molecule has 0 spiro atoms. The van der Waals surface area contributed by atoms with Gasteiger partial charge in [0.15, 0.2) is 0 Å². The van der Waals surface area contributed by atoms with E-state index in [9.17, 15) is 0 Å². The zero-order valence-corrected chi connectivity index (χ0v) is 14.4. The molecule has 0 saturated carbocycles. The molecule has 0 fully saturated rings. The molecule has 0 aromatic carbocycles. The third kappa shape index (κ3) is 38.1. The largest absolute Gasteiger partial charge is 1.00 e. The first-order valence-electron chi connectivity index (χ1n) is 6.93. The fourth-order valence-electron chi connectivity index (χ4n) is 1.84. The predicted octanol–water partition coefficient (Wildman–Crippen LogP) is 3.07. The van der Waals surface area contributed by atoms with Crippen LogP contribution in [-0.2, 0) is 17.1 Å². The first-order chi connectivity index (χ1) is 7.91. The van der Waals surface area contributed by atoms with Crippen molar-refractivity contribution >= 4 is 0 Å². The van der Waals surface area contributed by atoms with Crippen LogP contribution < -0.4 is 18.9 Å². The van der Waals surface area contributed by atoms with Crippen LogP contribution in [0.15, 0.2) is 0 Å². The topological polar surface area (TPSA) is 23.8 Å². The van der Waals surface area contributed by atoms with E-state index >= 15 is 0 Å². The van der Waals surface area contributed by atoms with Crippen LogP contribution in [0.5, 0.6) is 0 Å². The van der Waals surface area contributed by atoms with Gasteiger partial charge >= 0.3 is 35.9 Å². The van der Waals surface area contributed by atoms with Gasteiger partial charge in [-0.1, -0.05) is 77.6 Å². The fraction of sp³-hybridized carbons (Fsp3) is 0.812. The Morgan fingerprint density at radius 3 is 1.26 bits per heavy atom. The summed E-state index contributed by atoms with van der Waals surface area (Å²) in [5.74, 6) is 0. The standard InChI is InChI=1S/C14H29.CN.CH3.Cu.Li/c1-3-5-7-9-11-13-14-12-10-8-6-4-2;1-2;;;/h1,3-14H2,2H3;;1H3;;/q3*-1;2*+1. The van der Waals surface area contributed by atoms with Crippen molar-refractivity contribution in [3.63, 3.8) is 0 Å². The molecule has 3 heteroatoms. The van der Waals surface area contributed by atoms with Gasteiger partial charge < -0.3 is 26.2 Å². The van der Waals surface area contributed by atoms with Crippen LogP contribution in [0.3, 0.4) is 0 Å². The third-order valence-electron chi connectivity index (χ3n) is 2.85. The first kappa shape index (κ1) is 31.8. The molecule has 0 rings (SSSR count). The molecule has 1 nitrogen and oxygen atoms in total. The number of hydrogen-bond donors (Lipinski definition) is 0. The monoisotopic (exact) mass is 308 g/mol. The molecule has 0 radical (unpaired) electrons. The van der Waals surface area contributed by atoms with Crippen LogP contribution in [0.4, 0.5) is 0 Å². The zero-order chi connectivity index (χ0) is 12.5. The summed E-state index contributed by atoms with van der Waals surface area (Å²) in [6, 6.07) is 0. The minimum atomic E-state index is 0. The summed E-state index contributed by atoms with van der Waals surface area (Å²) < 4.78 is 0. The van der Waals surface area contributed by atoms with E-state index in [-0.39, 0.29) is 43.4 Å². The minimum Gasteiger partial charge on any atom is -0.512 e. The van der Waals surface area contributed by atoms with Crippen molar-refractivity contribution in [2.75, 3.05) is 0 Å². The normalized spacial score (nSPS) is 8.00. The molecule has 0 aliphatic rings. The minimum absolute atomic E-state index is 0. The second-order valence-electron chi connectivity index (χ2n) is 4.39. The smallest absolute Gasteiger partial charge is 0.512 e. The molecule has 19 heavy (non-hydrogen) atoms. The van der Waals surface area contributed by atoms with Crippen LogP contribution in [0.1, 0.15) is 84.0 Å². The van der Waals surface area contributed by atoms with Gasteiger partial charge in [-0.2, -0.15) is 6.42 Å². The molecule has 0 saturated heterocycles. The van der Waals surface area contributed by atoms with Crippen molar-refractivity contribution in [2.24, 2.45) is 0 Å². The van der Waals surface area contributed by atoms with Crippen molar-refractivity contribution in [1.29, 1.82) is 5.26 Å². The maximum absolute atomic E-state index is 6.25. The Morgan fingerprint density at radius 2 is 1.00 bits per heavy atom. The second-order valence-corrected chi connectivity index (χ2v) is 4.39. The van der Waals surface area contributed by atoms with Crippen LogP contribution in [0.25, 0.3) is 0 Å². The summed E-state index contributed by atoms with van der Waals surface area (Å²) >= 11 is 0. The van der Waals surface area contributed by atoms with Gasteiger partial charge in [-0.15, -0.1) is 0 Å². The van der Waals surface area contributed by atoms with Crippen LogP contribution in [0.2, 0.25) is 0 Å². The number of unbranched alkanes of at least 4 members (excludes halogenated alkanes) is 11. The summed E-state index contributed by atoms with van der Waals surface area (Å²) in [6.45, 7) is 10.9. The third-order valence-corrected chi connectivity index (χ3v) is 2.85. The van der Waals surface area contributed by atoms with Crippen molar-refractivity contribution < 1.29 is 35.9 Å². The molecule has 114 valence electrons. The van der Waals surface area contributed by atoms with Crippen molar-refractivity contribution in [2.45, 2.75) is 84.0 Å². The molecule has 0 aliphatic carbocycles. The summed E-state index contributed by atoms with van der Waals surface area (Å²) in [5, 5.41) is 6.25. The van der Waals surface area contributed by atoms with Gasteiger partial charge in [-0.3, -0.25) is 0 Å². The molecule has 0 aliphatic heterocycles. The Morgan fingerprint density at radius 1 is 0.737 bits per heavy atom. The molecular formula is C16H32CuLiN-. The Kier molecular flexibility index (Phi) is 60.8. The van der Waals surface area contributed by atoms with Gasteiger partial charge in [-0.25, -0.2) is 0 Å². The molecule has 0 atom stereocenters. The molecular weight excluding hydrogens is 277 g/mol. The number of nitrogens with zero attached hydrogens (tertiary/aromatic N) is 1. The van der Waals surface area contributed by atoms with Gasteiger partial charge in [0.05, 0.1) is 0 Å². The molecule has 0 aromatic rings. The second kappa shape index (κ2) is 36.3. The number of hydrogen-bond acceptors (Lipinski definition) is 1. The molecule has 0 bridgehead atoms. The van der Waals surface area contributed by atoms with Gasteiger partial charge in [0.25, 0.3) is 0 Å². The summed E-state index contributed by atoms with van der Waals surface area (Å²) in [6.07, 6.45) is 16.9. The van der Waals surface area contributed by atoms with E-state index in [1.54, 1.807) is 0 Å². The van der Waals surface area contributed by atoms with Crippen LogP contribution >= 0.6 is 0 Å². The Labute approximate surface area is 146 Å². The van der Waals surface area contributed by atoms with Crippen molar-refractivity contribution in [1.82, 2.24) is 0 Å². The average Bonchev–Trinajstić information content (AvgIpc) is 2.34. The van der Waals surface area contributed by atoms with E-state index in [2.05, 4.69) is 13.8 Å². The van der Waals surface area contributed by atoms with E-state index in [0.717, 1.165) is 6.42 Å². The summed E-state index contributed by atoms with van der Waals surface area (Å²) in [7, 11) is 0. The van der Waals surface area contributed by atoms with E-state index in [1.165, 1.54) is 70.6 Å². The van der Waals surface area contributed by atoms with Crippen LogP contribution in [-0.4, -0.2) is 0 Å². The Bertz CT molecular complexity index is 117. The molecule has 0 N–H and O–H groups in total. The van der Waals surface area contributed by atoms with E-state index in [4.69, 9.17) is 11.8 Å². The maximum atomic E-state index is 6.25. The predicted molar refractivity (Wildman–Crippen MR) is 77.8 cm³/mol. The Hall–Kier alpha value is 0.607. The van der Waals surface area contributed by atoms with Gasteiger partial charge in [0, 0.05) is 0 Å². The summed E-state index contributed by atoms with van der Waals surface area (Å²) in [5.41, 5.74) is 0. The molecule has 0 unspecified atom stereocenters. The van der Waals surface area contributed by atoms with Crippen molar-refractivity contribution in [3.8, 4) is 0 Å². The van der Waals surface area contributed by atoms with E-state index in [1.807, 2.05) is 0 Å². The molecule has 0 aromatic heterocycles. The van der Waals surface area contributed by atoms with Gasteiger partial charge in [0.2, 0.25) is 0 Å². The van der Waals surface area contributed by atoms with Gasteiger partial charge in [-0.05, 0) is 0 Å². The van der Waals surface area contributed by atoms with Gasteiger partial charge in [0.1, 0.15) is 0 Å². The van der Waals surface area contributed by atoms with Crippen LogP contribution in [0, 0.1) is 26.2 Å². The number of rotatable bonds is 11. The molecule has 0 amide bonds. The van der Waals surface area contributed by atoms with E-state index in [0.29, 0.717) is 0 Å². The average molecular weight is 309 g/mol. The van der Waals surface area contributed by atoms with Crippen molar-refractivity contribution in [3.05, 3.63) is 20.9 Å². The summed E-state index contributed by atoms with van der Waals surface area (Å²) in [4.78, 5) is 0. The Balaban J connectivity index is -0.000000124. The van der Waals surface area contributed by atoms with E-state index < -0.39 is 0 Å².